The summed E-state index contributed by atoms with van der Waals surface area (Å²) in [5.41, 5.74) is 3.75. The van der Waals surface area contributed by atoms with E-state index in [1.807, 2.05) is 46.0 Å². The number of rotatable bonds is 1. The molecule has 1 heterocycles. The van der Waals surface area contributed by atoms with Crippen LogP contribution in [0.15, 0.2) is 29.1 Å². The summed E-state index contributed by atoms with van der Waals surface area (Å²) in [4.78, 5) is 11.8. The van der Waals surface area contributed by atoms with Crippen LogP contribution in [0.3, 0.4) is 0 Å². The smallest absolute Gasteiger partial charge is 0.273 e. The standard InChI is InChI=1S/C11H13BN2O/c1-7-4-3-5-9(6-7)14-11(15)8(2)10(12)13-14/h3-6,13H,12H2,1-2H3. The fourth-order valence-electron chi connectivity index (χ4n) is 1.58. The minimum Gasteiger partial charge on any atom is -0.305 e. The predicted octanol–water partition coefficient (Wildman–Crippen LogP) is 0.0408. The van der Waals surface area contributed by atoms with Crippen LogP contribution in [0.2, 0.25) is 0 Å². The molecule has 0 spiro atoms. The summed E-state index contributed by atoms with van der Waals surface area (Å²) < 4.78 is 1.58. The quantitative estimate of drug-likeness (QED) is 0.648. The normalized spacial score (nSPS) is 10.5. The fourth-order valence-corrected chi connectivity index (χ4v) is 1.58. The highest BCUT2D eigenvalue weighted by Gasteiger charge is 2.07. The van der Waals surface area contributed by atoms with Crippen molar-refractivity contribution in [2.45, 2.75) is 13.8 Å². The van der Waals surface area contributed by atoms with Gasteiger partial charge in [-0.3, -0.25) is 4.79 Å². The molecular formula is C11H13BN2O. The molecule has 0 radical (unpaired) electrons. The number of nitrogens with one attached hydrogen (secondary N) is 1. The fraction of sp³-hybridized carbons (Fsp3) is 0.182. The maximum Gasteiger partial charge on any atom is 0.273 e. The molecule has 0 aliphatic heterocycles. The van der Waals surface area contributed by atoms with E-state index in [0.29, 0.717) is 0 Å². The largest absolute Gasteiger partial charge is 0.305 e. The highest BCUT2D eigenvalue weighted by atomic mass is 16.1. The number of hydrogen-bond acceptors (Lipinski definition) is 1. The average Bonchev–Trinajstić information content (AvgIpc) is 2.46. The summed E-state index contributed by atoms with van der Waals surface area (Å²) >= 11 is 0. The van der Waals surface area contributed by atoms with E-state index in [1.165, 1.54) is 0 Å². The van der Waals surface area contributed by atoms with Gasteiger partial charge in [-0.05, 0) is 37.1 Å². The van der Waals surface area contributed by atoms with Crippen molar-refractivity contribution in [1.82, 2.24) is 9.78 Å². The third-order valence-corrected chi connectivity index (χ3v) is 2.63. The van der Waals surface area contributed by atoms with Crippen molar-refractivity contribution in [3.8, 4) is 5.69 Å². The lowest BCUT2D eigenvalue weighted by Gasteiger charge is -2.02. The number of nitrogens with zero attached hydrogens (tertiary/aromatic N) is 1. The molecule has 1 aromatic carbocycles. The van der Waals surface area contributed by atoms with E-state index in [1.54, 1.807) is 4.68 Å². The molecule has 1 N–H and O–H groups in total. The zero-order valence-electron chi connectivity index (χ0n) is 9.16. The third-order valence-electron chi connectivity index (χ3n) is 2.63. The van der Waals surface area contributed by atoms with E-state index in [0.717, 1.165) is 22.4 Å². The molecular weight excluding hydrogens is 187 g/mol. The van der Waals surface area contributed by atoms with Gasteiger partial charge in [-0.2, -0.15) is 0 Å². The van der Waals surface area contributed by atoms with Crippen molar-refractivity contribution >= 4 is 13.4 Å². The first-order valence-electron chi connectivity index (χ1n) is 4.95. The van der Waals surface area contributed by atoms with E-state index in [2.05, 4.69) is 5.10 Å². The third kappa shape index (κ3) is 1.63. The Balaban J connectivity index is 2.64. The number of H-pyrrole nitrogens is 1. The summed E-state index contributed by atoms with van der Waals surface area (Å²) in [5, 5.41) is 3.06. The Bertz CT molecular complexity index is 554. The number of aromatic amines is 1. The second-order valence-electron chi connectivity index (χ2n) is 3.84. The molecule has 3 nitrogen and oxygen atoms in total. The molecule has 0 aliphatic rings. The van der Waals surface area contributed by atoms with Crippen LogP contribution in [-0.4, -0.2) is 17.6 Å². The molecule has 0 fully saturated rings. The Kier molecular flexibility index (Phi) is 2.27. The van der Waals surface area contributed by atoms with Crippen LogP contribution in [0.5, 0.6) is 0 Å². The molecule has 0 amide bonds. The zero-order chi connectivity index (χ0) is 11.0. The van der Waals surface area contributed by atoms with Crippen molar-refractivity contribution in [3.05, 3.63) is 45.7 Å². The van der Waals surface area contributed by atoms with Crippen LogP contribution >= 0.6 is 0 Å². The molecule has 15 heavy (non-hydrogen) atoms. The van der Waals surface area contributed by atoms with Gasteiger partial charge < -0.3 is 5.10 Å². The molecule has 1 aromatic heterocycles. The van der Waals surface area contributed by atoms with Gasteiger partial charge in [-0.15, -0.1) is 0 Å². The Morgan fingerprint density at radius 1 is 1.33 bits per heavy atom. The lowest BCUT2D eigenvalue weighted by atomic mass is 10.0. The van der Waals surface area contributed by atoms with E-state index in [-0.39, 0.29) is 5.56 Å². The molecule has 0 unspecified atom stereocenters. The highest BCUT2D eigenvalue weighted by molar-refractivity contribution is 6.31. The summed E-state index contributed by atoms with van der Waals surface area (Å²) in [5.74, 6) is 0. The summed E-state index contributed by atoms with van der Waals surface area (Å²) in [7, 11) is 1.91. The van der Waals surface area contributed by atoms with Crippen LogP contribution in [0.4, 0.5) is 0 Å². The van der Waals surface area contributed by atoms with E-state index in [4.69, 9.17) is 0 Å². The maximum atomic E-state index is 11.8. The monoisotopic (exact) mass is 200 g/mol. The SMILES string of the molecule is Bc1[nH]n(-c2cccc(C)c2)c(=O)c1C. The lowest BCUT2D eigenvalue weighted by molar-refractivity contribution is 0.855. The van der Waals surface area contributed by atoms with Crippen molar-refractivity contribution in [1.29, 1.82) is 0 Å². The van der Waals surface area contributed by atoms with Crippen molar-refractivity contribution in [2.75, 3.05) is 0 Å². The topological polar surface area (TPSA) is 37.8 Å². The number of benzene rings is 1. The maximum absolute atomic E-state index is 11.8. The van der Waals surface area contributed by atoms with Gasteiger partial charge in [0.05, 0.1) is 5.69 Å². The first-order chi connectivity index (χ1) is 7.09. The van der Waals surface area contributed by atoms with E-state index in [9.17, 15) is 4.79 Å². The van der Waals surface area contributed by atoms with Gasteiger partial charge >= 0.3 is 0 Å². The summed E-state index contributed by atoms with van der Waals surface area (Å²) in [6.45, 7) is 3.84. The molecule has 2 rings (SSSR count). The minimum absolute atomic E-state index is 0.0260. The van der Waals surface area contributed by atoms with Gasteiger partial charge in [0.1, 0.15) is 0 Å². The number of aromatic nitrogens is 2. The Labute approximate surface area is 89.1 Å². The lowest BCUT2D eigenvalue weighted by Crippen LogP contribution is -2.15. The Hall–Kier alpha value is -1.71. The zero-order valence-corrected chi connectivity index (χ0v) is 9.16. The first kappa shape index (κ1) is 9.83. The van der Waals surface area contributed by atoms with Crippen LogP contribution in [-0.2, 0) is 0 Å². The molecule has 2 aromatic rings. The van der Waals surface area contributed by atoms with Gasteiger partial charge in [0.2, 0.25) is 0 Å². The van der Waals surface area contributed by atoms with Crippen molar-refractivity contribution < 1.29 is 0 Å². The number of hydrogen-bond donors (Lipinski definition) is 1. The van der Waals surface area contributed by atoms with Gasteiger partial charge in [-0.25, -0.2) is 4.68 Å². The highest BCUT2D eigenvalue weighted by Crippen LogP contribution is 2.06. The number of aryl methyl sites for hydroxylation is 1. The van der Waals surface area contributed by atoms with Crippen LogP contribution < -0.4 is 11.2 Å². The van der Waals surface area contributed by atoms with Gasteiger partial charge in [0, 0.05) is 5.56 Å². The molecule has 76 valence electrons. The van der Waals surface area contributed by atoms with Gasteiger partial charge in [-0.1, -0.05) is 12.1 Å². The van der Waals surface area contributed by atoms with Gasteiger partial charge in [0.25, 0.3) is 5.56 Å². The van der Waals surface area contributed by atoms with Crippen molar-refractivity contribution in [3.63, 3.8) is 0 Å². The second-order valence-corrected chi connectivity index (χ2v) is 3.84. The summed E-state index contributed by atoms with van der Waals surface area (Å²) in [6.07, 6.45) is 0. The van der Waals surface area contributed by atoms with E-state index < -0.39 is 0 Å². The minimum atomic E-state index is 0.0260. The van der Waals surface area contributed by atoms with Crippen LogP contribution in [0, 0.1) is 13.8 Å². The second kappa shape index (κ2) is 3.46. The molecule has 0 aliphatic carbocycles. The summed E-state index contributed by atoms with van der Waals surface area (Å²) in [6, 6.07) is 7.86. The van der Waals surface area contributed by atoms with Crippen molar-refractivity contribution in [2.24, 2.45) is 0 Å². The van der Waals surface area contributed by atoms with E-state index >= 15 is 0 Å². The molecule has 0 atom stereocenters. The van der Waals surface area contributed by atoms with Crippen LogP contribution in [0.25, 0.3) is 5.69 Å². The molecule has 0 bridgehead atoms. The molecule has 0 saturated carbocycles. The predicted molar refractivity (Wildman–Crippen MR) is 64.0 cm³/mol. The first-order valence-corrected chi connectivity index (χ1v) is 4.95. The average molecular weight is 200 g/mol. The molecule has 4 heteroatoms. The van der Waals surface area contributed by atoms with Gasteiger partial charge in [0.15, 0.2) is 7.85 Å². The molecule has 0 saturated heterocycles. The Morgan fingerprint density at radius 3 is 2.60 bits per heavy atom. The Morgan fingerprint density at radius 2 is 2.07 bits per heavy atom. The van der Waals surface area contributed by atoms with Crippen LogP contribution in [0.1, 0.15) is 11.1 Å².